The summed E-state index contributed by atoms with van der Waals surface area (Å²) in [5, 5.41) is 0. The molecule has 0 heterocycles. The standard InChI is InChI=1S/C22H24N2O8S/c1-4-20(25)30-13-14-31-22(27)16(3)32-23-18-9-11-19(12-10-18)33(28,29)24-21(26)17-7-5-15(2)6-8-17/h4-12,16,23H,1,13-14H2,2-3H3,(H,24,26). The third kappa shape index (κ3) is 8.05. The molecule has 0 aliphatic carbocycles. The summed E-state index contributed by atoms with van der Waals surface area (Å²) in [5.41, 5.74) is 4.03. The van der Waals surface area contributed by atoms with E-state index >= 15 is 0 Å². The summed E-state index contributed by atoms with van der Waals surface area (Å²) >= 11 is 0. The van der Waals surface area contributed by atoms with Crippen molar-refractivity contribution in [2.45, 2.75) is 24.8 Å². The predicted octanol–water partition coefficient (Wildman–Crippen LogP) is 2.12. The predicted molar refractivity (Wildman–Crippen MR) is 119 cm³/mol. The second-order valence-corrected chi connectivity index (χ2v) is 8.41. The highest BCUT2D eigenvalue weighted by molar-refractivity contribution is 7.90. The van der Waals surface area contributed by atoms with E-state index in [1.165, 1.54) is 43.3 Å². The van der Waals surface area contributed by atoms with Crippen LogP contribution < -0.4 is 10.2 Å². The Kier molecular flexibility index (Phi) is 9.13. The zero-order chi connectivity index (χ0) is 24.4. The molecule has 0 aromatic heterocycles. The minimum absolute atomic E-state index is 0.118. The Balaban J connectivity index is 1.85. The number of aryl methyl sites for hydroxylation is 1. The fourth-order valence-corrected chi connectivity index (χ4v) is 3.29. The third-order valence-electron chi connectivity index (χ3n) is 4.13. The van der Waals surface area contributed by atoms with E-state index < -0.39 is 34.0 Å². The number of amides is 1. The van der Waals surface area contributed by atoms with Crippen LogP contribution >= 0.6 is 0 Å². The van der Waals surface area contributed by atoms with E-state index in [2.05, 4.69) is 16.8 Å². The summed E-state index contributed by atoms with van der Waals surface area (Å²) in [6, 6.07) is 11.8. The summed E-state index contributed by atoms with van der Waals surface area (Å²) in [6.07, 6.45) is -0.0105. The zero-order valence-corrected chi connectivity index (χ0v) is 18.9. The van der Waals surface area contributed by atoms with Crippen molar-refractivity contribution in [3.8, 4) is 0 Å². The van der Waals surface area contributed by atoms with Gasteiger partial charge in [0.15, 0.2) is 6.10 Å². The van der Waals surface area contributed by atoms with Gasteiger partial charge in [0.1, 0.15) is 13.2 Å². The lowest BCUT2D eigenvalue weighted by Gasteiger charge is -2.14. The summed E-state index contributed by atoms with van der Waals surface area (Å²) in [7, 11) is -4.08. The first-order chi connectivity index (χ1) is 15.6. The molecule has 0 saturated heterocycles. The zero-order valence-electron chi connectivity index (χ0n) is 18.1. The van der Waals surface area contributed by atoms with Crippen molar-refractivity contribution < 1.29 is 37.1 Å². The van der Waals surface area contributed by atoms with Crippen LogP contribution in [0.25, 0.3) is 0 Å². The number of nitrogens with one attached hydrogen (secondary N) is 2. The maximum atomic E-state index is 12.5. The van der Waals surface area contributed by atoms with E-state index in [1.807, 2.05) is 11.6 Å². The van der Waals surface area contributed by atoms with Crippen LogP contribution in [0, 0.1) is 6.92 Å². The number of carbonyl (C=O) groups excluding carboxylic acids is 3. The van der Waals surface area contributed by atoms with E-state index in [1.54, 1.807) is 12.1 Å². The van der Waals surface area contributed by atoms with Crippen molar-refractivity contribution in [1.29, 1.82) is 0 Å². The average Bonchev–Trinajstić information content (AvgIpc) is 2.80. The van der Waals surface area contributed by atoms with Gasteiger partial charge in [0.2, 0.25) is 0 Å². The lowest BCUT2D eigenvalue weighted by molar-refractivity contribution is -0.158. The van der Waals surface area contributed by atoms with Crippen LogP contribution in [0.1, 0.15) is 22.8 Å². The van der Waals surface area contributed by atoms with Gasteiger partial charge in [0.05, 0.1) is 10.6 Å². The van der Waals surface area contributed by atoms with Crippen molar-refractivity contribution >= 4 is 33.6 Å². The van der Waals surface area contributed by atoms with Crippen LogP contribution in [0.4, 0.5) is 5.69 Å². The molecule has 1 atom stereocenters. The molecule has 0 fully saturated rings. The Morgan fingerprint density at radius 2 is 1.61 bits per heavy atom. The van der Waals surface area contributed by atoms with Gasteiger partial charge in [0.25, 0.3) is 15.9 Å². The van der Waals surface area contributed by atoms with Crippen molar-refractivity contribution in [2.75, 3.05) is 18.7 Å². The van der Waals surface area contributed by atoms with Crippen LogP contribution in [0.15, 0.2) is 66.1 Å². The van der Waals surface area contributed by atoms with Gasteiger partial charge in [-0.2, -0.15) is 0 Å². The normalized spacial score (nSPS) is 11.7. The lowest BCUT2D eigenvalue weighted by atomic mass is 10.1. The lowest BCUT2D eigenvalue weighted by Crippen LogP contribution is -2.30. The molecule has 176 valence electrons. The van der Waals surface area contributed by atoms with Gasteiger partial charge < -0.3 is 9.47 Å². The number of ether oxygens (including phenoxy) is 2. The number of carbonyl (C=O) groups is 3. The van der Waals surface area contributed by atoms with Crippen LogP contribution in [0.2, 0.25) is 0 Å². The molecular formula is C22H24N2O8S. The van der Waals surface area contributed by atoms with Crippen LogP contribution in [-0.4, -0.2) is 45.6 Å². The number of benzene rings is 2. The van der Waals surface area contributed by atoms with E-state index in [-0.39, 0.29) is 23.7 Å². The molecule has 0 radical (unpaired) electrons. The van der Waals surface area contributed by atoms with Crippen LogP contribution in [0.5, 0.6) is 0 Å². The second kappa shape index (κ2) is 11.8. The summed E-state index contributed by atoms with van der Waals surface area (Å²) in [6.45, 7) is 6.26. The molecule has 2 aromatic carbocycles. The van der Waals surface area contributed by atoms with Gasteiger partial charge >= 0.3 is 11.9 Å². The maximum absolute atomic E-state index is 12.5. The third-order valence-corrected chi connectivity index (χ3v) is 5.48. The maximum Gasteiger partial charge on any atom is 0.337 e. The molecule has 11 heteroatoms. The fraction of sp³-hybridized carbons (Fsp3) is 0.227. The number of rotatable bonds is 11. The summed E-state index contributed by atoms with van der Waals surface area (Å²) < 4.78 is 36.5. The molecule has 1 unspecified atom stereocenters. The SMILES string of the molecule is C=CC(=O)OCCOC(=O)C(C)ONc1ccc(S(=O)(=O)NC(=O)c2ccc(C)cc2)cc1. The van der Waals surface area contributed by atoms with Gasteiger partial charge in [-0.25, -0.2) is 22.7 Å². The largest absolute Gasteiger partial charge is 0.460 e. The molecule has 0 aliphatic rings. The minimum atomic E-state index is -4.08. The van der Waals surface area contributed by atoms with Crippen molar-refractivity contribution in [1.82, 2.24) is 4.72 Å². The molecule has 2 rings (SSSR count). The minimum Gasteiger partial charge on any atom is -0.460 e. The van der Waals surface area contributed by atoms with Gasteiger partial charge in [0, 0.05) is 11.6 Å². The Hall–Kier alpha value is -3.70. The Morgan fingerprint density at radius 1 is 1.00 bits per heavy atom. The first-order valence-electron chi connectivity index (χ1n) is 9.74. The first-order valence-corrected chi connectivity index (χ1v) is 11.2. The van der Waals surface area contributed by atoms with Gasteiger partial charge in [-0.1, -0.05) is 24.3 Å². The Bertz CT molecular complexity index is 1100. The molecule has 0 bridgehead atoms. The fourth-order valence-electron chi connectivity index (χ4n) is 2.31. The highest BCUT2D eigenvalue weighted by Gasteiger charge is 2.19. The van der Waals surface area contributed by atoms with E-state index in [4.69, 9.17) is 9.57 Å². The van der Waals surface area contributed by atoms with E-state index in [0.29, 0.717) is 5.69 Å². The van der Waals surface area contributed by atoms with Gasteiger partial charge in [-0.3, -0.25) is 15.1 Å². The molecular weight excluding hydrogens is 452 g/mol. The Labute approximate surface area is 191 Å². The smallest absolute Gasteiger partial charge is 0.337 e. The number of esters is 2. The summed E-state index contributed by atoms with van der Waals surface area (Å²) in [5.74, 6) is -2.07. The molecule has 1 amide bonds. The number of sulfonamides is 1. The molecule has 2 N–H and O–H groups in total. The monoisotopic (exact) mass is 476 g/mol. The van der Waals surface area contributed by atoms with E-state index in [9.17, 15) is 22.8 Å². The quantitative estimate of drug-likeness (QED) is 0.216. The number of hydrogen-bond donors (Lipinski definition) is 2. The topological polar surface area (TPSA) is 137 Å². The van der Waals surface area contributed by atoms with Gasteiger partial charge in [-0.15, -0.1) is 0 Å². The highest BCUT2D eigenvalue weighted by atomic mass is 32.2. The van der Waals surface area contributed by atoms with E-state index in [0.717, 1.165) is 11.6 Å². The van der Waals surface area contributed by atoms with Crippen molar-refractivity contribution in [3.05, 3.63) is 72.3 Å². The van der Waals surface area contributed by atoms with Crippen LogP contribution in [0.3, 0.4) is 0 Å². The van der Waals surface area contributed by atoms with Gasteiger partial charge in [-0.05, 0) is 50.2 Å². The van der Waals surface area contributed by atoms with Crippen molar-refractivity contribution in [2.24, 2.45) is 0 Å². The summed E-state index contributed by atoms with van der Waals surface area (Å²) in [4.78, 5) is 40.0. The molecule has 2 aromatic rings. The molecule has 0 aliphatic heterocycles. The highest BCUT2D eigenvalue weighted by Crippen LogP contribution is 2.15. The number of hydrogen-bond acceptors (Lipinski definition) is 9. The Morgan fingerprint density at radius 3 is 2.21 bits per heavy atom. The first kappa shape index (κ1) is 25.6. The average molecular weight is 477 g/mol. The molecule has 33 heavy (non-hydrogen) atoms. The number of anilines is 1. The second-order valence-electron chi connectivity index (χ2n) is 6.73. The molecule has 0 saturated carbocycles. The van der Waals surface area contributed by atoms with Crippen molar-refractivity contribution in [3.63, 3.8) is 0 Å². The molecule has 10 nitrogen and oxygen atoms in total. The van der Waals surface area contributed by atoms with Crippen LogP contribution in [-0.2, 0) is 33.9 Å². The molecule has 0 spiro atoms.